The van der Waals surface area contributed by atoms with Gasteiger partial charge in [0.1, 0.15) is 0 Å². The van der Waals surface area contributed by atoms with Gasteiger partial charge in [0.25, 0.3) is 5.91 Å². The largest absolute Gasteiger partial charge is 0.339 e. The van der Waals surface area contributed by atoms with Crippen LogP contribution >= 0.6 is 11.6 Å². The summed E-state index contributed by atoms with van der Waals surface area (Å²) in [4.78, 5) is 25.8. The van der Waals surface area contributed by atoms with Crippen LogP contribution in [-0.2, 0) is 21.4 Å². The number of amides is 2. The minimum absolute atomic E-state index is 0.0359. The molecular formula is C19H22ClN3O4S. The molecule has 0 aliphatic rings. The fourth-order valence-electron chi connectivity index (χ4n) is 2.58. The molecule has 0 spiro atoms. The highest BCUT2D eigenvalue weighted by atomic mass is 35.5. The number of benzene rings is 2. The molecule has 0 aromatic heterocycles. The van der Waals surface area contributed by atoms with Crippen molar-refractivity contribution in [1.29, 1.82) is 0 Å². The van der Waals surface area contributed by atoms with Gasteiger partial charge in [0, 0.05) is 25.7 Å². The third-order valence-electron chi connectivity index (χ3n) is 4.15. The van der Waals surface area contributed by atoms with E-state index in [4.69, 9.17) is 11.6 Å². The summed E-state index contributed by atoms with van der Waals surface area (Å²) in [5, 5.41) is 2.85. The Balaban J connectivity index is 2.25. The van der Waals surface area contributed by atoms with Gasteiger partial charge in [-0.1, -0.05) is 23.7 Å². The summed E-state index contributed by atoms with van der Waals surface area (Å²) in [6, 6.07) is 11.0. The van der Waals surface area contributed by atoms with Crippen molar-refractivity contribution in [1.82, 2.24) is 9.62 Å². The van der Waals surface area contributed by atoms with Crippen LogP contribution in [0.3, 0.4) is 0 Å². The maximum absolute atomic E-state index is 12.6. The molecule has 7 nitrogen and oxygen atoms in total. The molecule has 0 heterocycles. The number of carbonyl (C=O) groups is 2. The first-order valence-corrected chi connectivity index (χ1v) is 10.4. The van der Waals surface area contributed by atoms with Gasteiger partial charge in [0.2, 0.25) is 15.9 Å². The second kappa shape index (κ2) is 9.18. The van der Waals surface area contributed by atoms with E-state index in [2.05, 4.69) is 10.0 Å². The molecule has 0 saturated heterocycles. The maximum Gasteiger partial charge on any atom is 0.257 e. The first-order chi connectivity index (χ1) is 13.2. The molecule has 0 fully saturated rings. The summed E-state index contributed by atoms with van der Waals surface area (Å²) in [5.74, 6) is -0.569. The summed E-state index contributed by atoms with van der Waals surface area (Å²) in [6.45, 7) is 4.39. The fraction of sp³-hybridized carbons (Fsp3) is 0.263. The average Bonchev–Trinajstić information content (AvgIpc) is 2.66. The van der Waals surface area contributed by atoms with Crippen molar-refractivity contribution in [2.24, 2.45) is 0 Å². The van der Waals surface area contributed by atoms with Gasteiger partial charge in [-0.2, -0.15) is 0 Å². The van der Waals surface area contributed by atoms with Crippen LogP contribution in [0.4, 0.5) is 5.69 Å². The molecule has 0 radical (unpaired) electrons. The monoisotopic (exact) mass is 423 g/mol. The van der Waals surface area contributed by atoms with E-state index in [9.17, 15) is 18.0 Å². The Labute approximate surface area is 169 Å². The van der Waals surface area contributed by atoms with Gasteiger partial charge in [-0.15, -0.1) is 0 Å². The molecular weight excluding hydrogens is 402 g/mol. The van der Waals surface area contributed by atoms with Gasteiger partial charge in [-0.3, -0.25) is 9.59 Å². The lowest BCUT2D eigenvalue weighted by Gasteiger charge is -2.19. The quantitative estimate of drug-likeness (QED) is 0.715. The zero-order valence-electron chi connectivity index (χ0n) is 15.8. The van der Waals surface area contributed by atoms with E-state index in [1.54, 1.807) is 23.1 Å². The van der Waals surface area contributed by atoms with Crippen LogP contribution in [0.15, 0.2) is 47.4 Å². The summed E-state index contributed by atoms with van der Waals surface area (Å²) in [6.07, 6.45) is 0. The van der Waals surface area contributed by atoms with Crippen LogP contribution in [-0.4, -0.2) is 38.7 Å². The molecule has 0 saturated carbocycles. The summed E-state index contributed by atoms with van der Waals surface area (Å²) in [5.41, 5.74) is 1.41. The lowest BCUT2D eigenvalue weighted by Crippen LogP contribution is -2.27. The van der Waals surface area contributed by atoms with E-state index in [-0.39, 0.29) is 21.4 Å². The predicted molar refractivity (Wildman–Crippen MR) is 109 cm³/mol. The van der Waals surface area contributed by atoms with Crippen molar-refractivity contribution >= 4 is 39.1 Å². The molecule has 28 heavy (non-hydrogen) atoms. The van der Waals surface area contributed by atoms with Gasteiger partial charge < -0.3 is 10.2 Å². The Hall–Kier alpha value is -2.42. The molecule has 0 unspecified atom stereocenters. The van der Waals surface area contributed by atoms with E-state index in [1.165, 1.54) is 32.2 Å². The molecule has 9 heteroatoms. The number of nitrogens with one attached hydrogen (secondary N) is 2. The lowest BCUT2D eigenvalue weighted by atomic mass is 10.1. The van der Waals surface area contributed by atoms with E-state index >= 15 is 0 Å². The molecule has 2 aromatic rings. The zero-order valence-corrected chi connectivity index (χ0v) is 17.4. The first-order valence-electron chi connectivity index (χ1n) is 8.56. The van der Waals surface area contributed by atoms with Crippen molar-refractivity contribution < 1.29 is 18.0 Å². The van der Waals surface area contributed by atoms with E-state index in [0.29, 0.717) is 18.8 Å². The van der Waals surface area contributed by atoms with Crippen molar-refractivity contribution in [2.75, 3.05) is 18.9 Å². The number of rotatable bonds is 7. The lowest BCUT2D eigenvalue weighted by molar-refractivity contribution is -0.129. The molecule has 0 atom stereocenters. The number of carbonyl (C=O) groups excluding carboxylic acids is 2. The Bertz CT molecular complexity index is 992. The summed E-state index contributed by atoms with van der Waals surface area (Å²) >= 11 is 6.08. The smallest absolute Gasteiger partial charge is 0.257 e. The average molecular weight is 424 g/mol. The van der Waals surface area contributed by atoms with Crippen LogP contribution in [0.5, 0.6) is 0 Å². The fourth-order valence-corrected chi connectivity index (χ4v) is 3.53. The van der Waals surface area contributed by atoms with Gasteiger partial charge >= 0.3 is 0 Å². The number of sulfonamides is 1. The standard InChI is InChI=1S/C19H22ClN3O4S/c1-4-23(13(2)24)12-14-6-5-7-15(10-14)22-19(25)17-11-16(8-9-18(17)20)28(26,27)21-3/h5-11,21H,4,12H2,1-3H3,(H,22,25). The molecule has 150 valence electrons. The SMILES string of the molecule is CCN(Cc1cccc(NC(=O)c2cc(S(=O)(=O)NC)ccc2Cl)c1)C(C)=O. The molecule has 0 aliphatic carbocycles. The normalized spacial score (nSPS) is 11.1. The summed E-state index contributed by atoms with van der Waals surface area (Å²) < 4.78 is 26.1. The Kier molecular flexibility index (Phi) is 7.17. The first kappa shape index (κ1) is 21.9. The topological polar surface area (TPSA) is 95.6 Å². The second-order valence-corrected chi connectivity index (χ2v) is 8.33. The number of hydrogen-bond acceptors (Lipinski definition) is 4. The van der Waals surface area contributed by atoms with E-state index < -0.39 is 15.9 Å². The van der Waals surface area contributed by atoms with Crippen LogP contribution in [0.25, 0.3) is 0 Å². The highest BCUT2D eigenvalue weighted by Crippen LogP contribution is 2.22. The van der Waals surface area contributed by atoms with Crippen molar-refractivity contribution in [3.8, 4) is 0 Å². The molecule has 2 amide bonds. The van der Waals surface area contributed by atoms with Crippen LogP contribution in [0, 0.1) is 0 Å². The molecule has 2 rings (SSSR count). The zero-order chi connectivity index (χ0) is 20.9. The third-order valence-corrected chi connectivity index (χ3v) is 5.89. The Morgan fingerprint density at radius 2 is 1.86 bits per heavy atom. The van der Waals surface area contributed by atoms with Gasteiger partial charge in [-0.05, 0) is 49.9 Å². The number of nitrogens with zero attached hydrogens (tertiary/aromatic N) is 1. The molecule has 2 aromatic carbocycles. The molecule has 0 bridgehead atoms. The maximum atomic E-state index is 12.6. The van der Waals surface area contributed by atoms with Crippen molar-refractivity contribution in [3.63, 3.8) is 0 Å². The van der Waals surface area contributed by atoms with Gasteiger partial charge in [0.15, 0.2) is 0 Å². The second-order valence-electron chi connectivity index (χ2n) is 6.04. The van der Waals surface area contributed by atoms with Crippen LogP contribution in [0.1, 0.15) is 29.8 Å². The minimum atomic E-state index is -3.70. The van der Waals surface area contributed by atoms with Crippen molar-refractivity contribution in [3.05, 3.63) is 58.6 Å². The predicted octanol–water partition coefficient (Wildman–Crippen LogP) is 2.87. The molecule has 2 N–H and O–H groups in total. The number of anilines is 1. The van der Waals surface area contributed by atoms with E-state index in [1.807, 2.05) is 13.0 Å². The number of halogens is 1. The van der Waals surface area contributed by atoms with Crippen LogP contribution in [0.2, 0.25) is 5.02 Å². The van der Waals surface area contributed by atoms with Crippen molar-refractivity contribution in [2.45, 2.75) is 25.3 Å². The molecule has 0 aliphatic heterocycles. The Morgan fingerprint density at radius 3 is 2.46 bits per heavy atom. The third kappa shape index (κ3) is 5.31. The highest BCUT2D eigenvalue weighted by molar-refractivity contribution is 7.89. The van der Waals surface area contributed by atoms with E-state index in [0.717, 1.165) is 5.56 Å². The number of hydrogen-bond donors (Lipinski definition) is 2. The van der Waals surface area contributed by atoms with Gasteiger partial charge in [-0.25, -0.2) is 13.1 Å². The highest BCUT2D eigenvalue weighted by Gasteiger charge is 2.18. The van der Waals surface area contributed by atoms with Gasteiger partial charge in [0.05, 0.1) is 15.5 Å². The Morgan fingerprint density at radius 1 is 1.14 bits per heavy atom. The minimum Gasteiger partial charge on any atom is -0.339 e. The van der Waals surface area contributed by atoms with Crippen LogP contribution < -0.4 is 10.0 Å². The summed E-state index contributed by atoms with van der Waals surface area (Å²) in [7, 11) is -2.41.